The van der Waals surface area contributed by atoms with E-state index < -0.39 is 0 Å². The van der Waals surface area contributed by atoms with Crippen LogP contribution in [0, 0.1) is 0 Å². The third-order valence-electron chi connectivity index (χ3n) is 5.24. The number of nitrogens with one attached hydrogen (secondary N) is 1. The van der Waals surface area contributed by atoms with Crippen molar-refractivity contribution in [2.24, 2.45) is 0 Å². The van der Waals surface area contributed by atoms with Gasteiger partial charge in [-0.1, -0.05) is 48.2 Å². The molecule has 31 heavy (non-hydrogen) atoms. The minimum Gasteiger partial charge on any atom is -0.486 e. The largest absolute Gasteiger partial charge is 0.486 e. The van der Waals surface area contributed by atoms with Crippen molar-refractivity contribution in [3.05, 3.63) is 54.6 Å². The Labute approximate surface area is 181 Å². The van der Waals surface area contributed by atoms with E-state index in [1.54, 1.807) is 18.2 Å². The zero-order chi connectivity index (χ0) is 20.8. The van der Waals surface area contributed by atoms with E-state index >= 15 is 0 Å². The highest BCUT2D eigenvalue weighted by molar-refractivity contribution is 7.99. The summed E-state index contributed by atoms with van der Waals surface area (Å²) in [6.45, 7) is 1.03. The molecular weight excluding hydrogens is 412 g/mol. The lowest BCUT2D eigenvalue weighted by atomic mass is 10.0. The van der Waals surface area contributed by atoms with Gasteiger partial charge in [-0.25, -0.2) is 4.98 Å². The molecule has 4 aromatic rings. The van der Waals surface area contributed by atoms with E-state index in [0.717, 1.165) is 33.3 Å². The monoisotopic (exact) mass is 428 g/mol. The maximum atomic E-state index is 12.4. The quantitative estimate of drug-likeness (QED) is 0.430. The van der Waals surface area contributed by atoms with Gasteiger partial charge in [-0.15, -0.1) is 10.2 Å². The zero-order valence-corrected chi connectivity index (χ0v) is 17.1. The first-order chi connectivity index (χ1) is 15.3. The highest BCUT2D eigenvalue weighted by atomic mass is 32.2. The Morgan fingerprint density at radius 2 is 1.71 bits per heavy atom. The van der Waals surface area contributed by atoms with Gasteiger partial charge in [-0.2, -0.15) is 0 Å². The number of aromatic nitrogens is 3. The number of fused-ring (bicyclic) bond motifs is 4. The first-order valence-corrected chi connectivity index (χ1v) is 10.8. The molecule has 1 aromatic heterocycles. The van der Waals surface area contributed by atoms with E-state index in [-0.39, 0.29) is 11.7 Å². The molecule has 2 heterocycles. The van der Waals surface area contributed by atoms with Crippen LogP contribution in [-0.4, -0.2) is 40.1 Å². The molecule has 2 aliphatic rings. The van der Waals surface area contributed by atoms with Gasteiger partial charge in [0.1, 0.15) is 24.6 Å². The average Bonchev–Trinajstić information content (AvgIpc) is 3.13. The fraction of sp³-hybridized carbons (Fsp3) is 0.130. The van der Waals surface area contributed by atoms with Crippen molar-refractivity contribution >= 4 is 34.1 Å². The summed E-state index contributed by atoms with van der Waals surface area (Å²) in [5.41, 5.74) is 4.37. The highest BCUT2D eigenvalue weighted by Gasteiger charge is 2.25. The van der Waals surface area contributed by atoms with Gasteiger partial charge in [0.2, 0.25) is 11.1 Å². The lowest BCUT2D eigenvalue weighted by Gasteiger charge is -2.18. The van der Waals surface area contributed by atoms with Crippen LogP contribution in [0.3, 0.4) is 0 Å². The summed E-state index contributed by atoms with van der Waals surface area (Å²) in [6.07, 6.45) is 0. The standard InChI is InChI=1S/C23H16N4O3S/c28-19(24-14-7-8-17-18(11-14)30-10-9-29-17)12-31-23-25-21-15-5-1-3-13-4-2-6-16(20(13)15)22(21)26-27-23/h1-8,11H,9-10,12H2,(H,24,28). The number of carbonyl (C=O) groups excluding carboxylic acids is 1. The second-order valence-corrected chi connectivity index (χ2v) is 8.14. The number of rotatable bonds is 4. The fourth-order valence-electron chi connectivity index (χ4n) is 3.93. The molecule has 8 heteroatoms. The topological polar surface area (TPSA) is 86.2 Å². The van der Waals surface area contributed by atoms with E-state index in [1.807, 2.05) is 18.2 Å². The van der Waals surface area contributed by atoms with E-state index in [2.05, 4.69) is 33.7 Å². The molecule has 0 radical (unpaired) electrons. The van der Waals surface area contributed by atoms with Crippen LogP contribution in [0.25, 0.3) is 33.3 Å². The Hall–Kier alpha value is -3.65. The van der Waals surface area contributed by atoms with Crippen molar-refractivity contribution in [2.75, 3.05) is 24.3 Å². The third-order valence-corrected chi connectivity index (χ3v) is 6.08. The Balaban J connectivity index is 1.18. The van der Waals surface area contributed by atoms with E-state index in [9.17, 15) is 4.79 Å². The first-order valence-electron chi connectivity index (χ1n) is 9.86. The molecule has 152 valence electrons. The molecule has 1 amide bonds. The predicted molar refractivity (Wildman–Crippen MR) is 119 cm³/mol. The Bertz CT molecular complexity index is 1350. The van der Waals surface area contributed by atoms with Gasteiger partial charge in [-0.3, -0.25) is 4.79 Å². The van der Waals surface area contributed by atoms with E-state index in [1.165, 1.54) is 11.8 Å². The zero-order valence-electron chi connectivity index (χ0n) is 16.3. The molecule has 7 nitrogen and oxygen atoms in total. The van der Waals surface area contributed by atoms with Gasteiger partial charge >= 0.3 is 0 Å². The second kappa shape index (κ2) is 7.24. The maximum absolute atomic E-state index is 12.4. The summed E-state index contributed by atoms with van der Waals surface area (Å²) in [6, 6.07) is 17.7. The number of carbonyl (C=O) groups is 1. The number of hydrogen-bond acceptors (Lipinski definition) is 7. The van der Waals surface area contributed by atoms with Crippen LogP contribution in [0.15, 0.2) is 59.8 Å². The molecule has 0 spiro atoms. The maximum Gasteiger partial charge on any atom is 0.234 e. The van der Waals surface area contributed by atoms with E-state index in [0.29, 0.717) is 35.6 Å². The molecule has 1 N–H and O–H groups in total. The van der Waals surface area contributed by atoms with Crippen molar-refractivity contribution in [3.63, 3.8) is 0 Å². The van der Waals surface area contributed by atoms with Crippen LogP contribution >= 0.6 is 11.8 Å². The van der Waals surface area contributed by atoms with Gasteiger partial charge in [0.05, 0.1) is 5.75 Å². The Kier molecular flexibility index (Phi) is 4.24. The average molecular weight is 428 g/mol. The van der Waals surface area contributed by atoms with Crippen LogP contribution in [0.5, 0.6) is 11.5 Å². The normalized spacial score (nSPS) is 13.2. The van der Waals surface area contributed by atoms with Crippen molar-refractivity contribution in [2.45, 2.75) is 5.16 Å². The molecule has 0 saturated carbocycles. The van der Waals surface area contributed by atoms with Crippen LogP contribution in [-0.2, 0) is 4.79 Å². The number of hydrogen-bond donors (Lipinski definition) is 1. The van der Waals surface area contributed by atoms with Crippen LogP contribution in [0.4, 0.5) is 5.69 Å². The fourth-order valence-corrected chi connectivity index (χ4v) is 4.51. The molecule has 1 aliphatic heterocycles. The molecule has 0 saturated heterocycles. The Morgan fingerprint density at radius 3 is 2.55 bits per heavy atom. The summed E-state index contributed by atoms with van der Waals surface area (Å²) in [5.74, 6) is 1.34. The van der Waals surface area contributed by atoms with Crippen molar-refractivity contribution in [1.29, 1.82) is 0 Å². The predicted octanol–water partition coefficient (Wildman–Crippen LogP) is 4.17. The number of nitrogens with zero attached hydrogens (tertiary/aromatic N) is 3. The summed E-state index contributed by atoms with van der Waals surface area (Å²) in [4.78, 5) is 17.1. The number of thioether (sulfide) groups is 1. The van der Waals surface area contributed by atoms with Gasteiger partial charge in [0.25, 0.3) is 0 Å². The van der Waals surface area contributed by atoms with Crippen molar-refractivity contribution in [3.8, 4) is 34.0 Å². The minimum atomic E-state index is -0.156. The number of ether oxygens (including phenoxy) is 2. The number of anilines is 1. The van der Waals surface area contributed by atoms with Crippen molar-refractivity contribution < 1.29 is 14.3 Å². The van der Waals surface area contributed by atoms with Crippen LogP contribution in [0.2, 0.25) is 0 Å². The lowest BCUT2D eigenvalue weighted by molar-refractivity contribution is -0.113. The molecule has 0 atom stereocenters. The van der Waals surface area contributed by atoms with Gasteiger partial charge in [0.15, 0.2) is 11.5 Å². The van der Waals surface area contributed by atoms with Crippen molar-refractivity contribution in [1.82, 2.24) is 15.2 Å². The van der Waals surface area contributed by atoms with Gasteiger partial charge in [-0.05, 0) is 17.5 Å². The summed E-state index contributed by atoms with van der Waals surface area (Å²) in [7, 11) is 0. The molecule has 0 fully saturated rings. The van der Waals surface area contributed by atoms with Crippen LogP contribution < -0.4 is 14.8 Å². The molecule has 0 unspecified atom stereocenters. The summed E-state index contributed by atoms with van der Waals surface area (Å²) in [5, 5.41) is 14.3. The van der Waals surface area contributed by atoms with Gasteiger partial charge < -0.3 is 14.8 Å². The summed E-state index contributed by atoms with van der Waals surface area (Å²) < 4.78 is 11.1. The first kappa shape index (κ1) is 18.1. The smallest absolute Gasteiger partial charge is 0.234 e. The molecule has 6 rings (SSSR count). The van der Waals surface area contributed by atoms with Crippen LogP contribution in [0.1, 0.15) is 0 Å². The highest BCUT2D eigenvalue weighted by Crippen LogP contribution is 2.44. The second-order valence-electron chi connectivity index (χ2n) is 7.20. The third kappa shape index (κ3) is 3.16. The number of amides is 1. The van der Waals surface area contributed by atoms with E-state index in [4.69, 9.17) is 14.5 Å². The Morgan fingerprint density at radius 1 is 0.935 bits per heavy atom. The lowest BCUT2D eigenvalue weighted by Crippen LogP contribution is -2.17. The number of benzene rings is 3. The molecule has 3 aromatic carbocycles. The molecule has 0 bridgehead atoms. The SMILES string of the molecule is O=C(CSc1nnc2c(n1)-c1cccc3cccc-2c13)Nc1ccc2c(c1)OCCO2. The molecule has 1 aliphatic carbocycles. The van der Waals surface area contributed by atoms with Gasteiger partial charge in [0, 0.05) is 28.3 Å². The minimum absolute atomic E-state index is 0.156. The molecular formula is C23H16N4O3S. The summed E-state index contributed by atoms with van der Waals surface area (Å²) >= 11 is 1.26.